The average molecular weight is 638 g/mol. The van der Waals surface area contributed by atoms with Gasteiger partial charge in [-0.25, -0.2) is 0 Å². The molecule has 1 N–H and O–H groups in total. The summed E-state index contributed by atoms with van der Waals surface area (Å²) >= 11 is 0. The topological polar surface area (TPSA) is 56.8 Å². The Balaban J connectivity index is 1.68. The average Bonchev–Trinajstić information content (AvgIpc) is 3.04. The van der Waals surface area contributed by atoms with E-state index in [4.69, 9.17) is 13.9 Å². The third-order valence-electron chi connectivity index (χ3n) is 8.75. The van der Waals surface area contributed by atoms with Crippen molar-refractivity contribution in [2.24, 2.45) is 0 Å². The Kier molecular flexibility index (Phi) is 12.2. The van der Waals surface area contributed by atoms with E-state index < -0.39 is 8.32 Å². The smallest absolute Gasteiger partial charge is 0.261 e. The monoisotopic (exact) mass is 637 g/mol. The fourth-order valence-corrected chi connectivity index (χ4v) is 10.9. The molecule has 1 amide bonds. The van der Waals surface area contributed by atoms with Crippen molar-refractivity contribution in [3.63, 3.8) is 0 Å². The lowest BCUT2D eigenvalue weighted by Gasteiger charge is -2.45. The first-order valence-corrected chi connectivity index (χ1v) is 18.4. The van der Waals surface area contributed by atoms with Crippen LogP contribution in [0.5, 0.6) is 11.5 Å². The van der Waals surface area contributed by atoms with Gasteiger partial charge < -0.3 is 19.2 Å². The molecule has 0 spiro atoms. The van der Waals surface area contributed by atoms with E-state index in [1.165, 1.54) is 10.4 Å². The van der Waals surface area contributed by atoms with Gasteiger partial charge in [0.15, 0.2) is 0 Å². The SMILES string of the molecule is C=C(C)C1CCCCCC(O[Si](c2ccccc2)(c2ccccc2)C(C)(C)C)C/C=C/C=C(\C)C(=O)Nc2ccc(OC)cc2O1. The van der Waals surface area contributed by atoms with E-state index in [0.29, 0.717) is 22.8 Å². The van der Waals surface area contributed by atoms with Gasteiger partial charge in [0.1, 0.15) is 17.6 Å². The zero-order chi connectivity index (χ0) is 33.2. The number of allylic oxidation sites excluding steroid dienone is 2. The summed E-state index contributed by atoms with van der Waals surface area (Å²) in [6.45, 7) is 15.0. The summed E-state index contributed by atoms with van der Waals surface area (Å²) in [4.78, 5) is 13.2. The number of methoxy groups -OCH3 is 1. The van der Waals surface area contributed by atoms with Crippen LogP contribution in [0.4, 0.5) is 5.69 Å². The van der Waals surface area contributed by atoms with Gasteiger partial charge in [-0.3, -0.25) is 4.79 Å². The third-order valence-corrected chi connectivity index (χ3v) is 13.8. The molecule has 4 rings (SSSR count). The number of amides is 1. The van der Waals surface area contributed by atoms with Gasteiger partial charge >= 0.3 is 0 Å². The molecule has 0 bridgehead atoms. The Bertz CT molecular complexity index is 1470. The maximum absolute atomic E-state index is 13.2. The van der Waals surface area contributed by atoms with Crippen LogP contribution in [-0.2, 0) is 9.22 Å². The molecule has 0 aromatic heterocycles. The summed E-state index contributed by atoms with van der Waals surface area (Å²) < 4.78 is 19.5. The van der Waals surface area contributed by atoms with Crippen LogP contribution in [0.15, 0.2) is 115 Å². The zero-order valence-electron chi connectivity index (χ0n) is 28.5. The maximum Gasteiger partial charge on any atom is 0.261 e. The highest BCUT2D eigenvalue weighted by molar-refractivity contribution is 6.99. The van der Waals surface area contributed by atoms with Crippen LogP contribution in [0.1, 0.15) is 73.1 Å². The molecule has 244 valence electrons. The summed E-state index contributed by atoms with van der Waals surface area (Å²) in [7, 11) is -1.09. The molecule has 0 aliphatic carbocycles. The lowest BCUT2D eigenvalue weighted by atomic mass is 10.0. The molecule has 3 aromatic carbocycles. The molecule has 1 heterocycles. The Labute approximate surface area is 277 Å². The molecule has 46 heavy (non-hydrogen) atoms. The predicted molar refractivity (Wildman–Crippen MR) is 194 cm³/mol. The molecule has 0 fully saturated rings. The Morgan fingerprint density at radius 1 is 0.935 bits per heavy atom. The summed E-state index contributed by atoms with van der Waals surface area (Å²) in [5.74, 6) is 1.06. The molecule has 1 aliphatic rings. The molecule has 5 nitrogen and oxygen atoms in total. The van der Waals surface area contributed by atoms with Crippen LogP contribution < -0.4 is 25.2 Å². The standard InChI is InChI=1S/C40H51NO4Si/c1-30(2)37-26-16-8-11-20-32(21-18-17-19-31(3)39(42)41-36-28-27-33(43-7)29-38(36)44-37)45-46(40(4,5)6,34-22-12-9-13-23-34)35-24-14-10-15-25-35/h9-10,12-15,17-19,22-25,27-29,32,37H,1,8,11,16,20-21,26H2,2-7H3,(H,41,42)/b18-17+,31-19+. The summed E-state index contributed by atoms with van der Waals surface area (Å²) in [6.07, 6.45) is 11.5. The number of ether oxygens (including phenoxy) is 2. The number of hydrogen-bond donors (Lipinski definition) is 1. The largest absolute Gasteiger partial charge is 0.497 e. The predicted octanol–water partition coefficient (Wildman–Crippen LogP) is 8.76. The van der Waals surface area contributed by atoms with Crippen molar-refractivity contribution in [3.05, 3.63) is 115 Å². The molecule has 0 radical (unpaired) electrons. The third kappa shape index (κ3) is 8.68. The highest BCUT2D eigenvalue weighted by Gasteiger charge is 2.51. The van der Waals surface area contributed by atoms with E-state index in [1.807, 2.05) is 44.2 Å². The minimum absolute atomic E-state index is 0.0191. The number of fused-ring (bicyclic) bond motifs is 1. The Morgan fingerprint density at radius 2 is 1.57 bits per heavy atom. The highest BCUT2D eigenvalue weighted by Crippen LogP contribution is 2.39. The van der Waals surface area contributed by atoms with Gasteiger partial charge in [-0.2, -0.15) is 0 Å². The second kappa shape index (κ2) is 16.1. The quantitative estimate of drug-likeness (QED) is 0.217. The van der Waals surface area contributed by atoms with E-state index in [1.54, 1.807) is 7.11 Å². The second-order valence-corrected chi connectivity index (χ2v) is 17.6. The molecule has 3 aromatic rings. The molecule has 0 saturated carbocycles. The lowest BCUT2D eigenvalue weighted by molar-refractivity contribution is -0.112. The normalized spacial score (nSPS) is 20.6. The molecule has 2 unspecified atom stereocenters. The van der Waals surface area contributed by atoms with Crippen molar-refractivity contribution < 1.29 is 18.7 Å². The Morgan fingerprint density at radius 3 is 2.15 bits per heavy atom. The van der Waals surface area contributed by atoms with Crippen molar-refractivity contribution in [3.8, 4) is 11.5 Å². The van der Waals surface area contributed by atoms with Gasteiger partial charge in [0.2, 0.25) is 0 Å². The van der Waals surface area contributed by atoms with Crippen molar-refractivity contribution in [2.75, 3.05) is 12.4 Å². The molecule has 0 saturated heterocycles. The van der Waals surface area contributed by atoms with Crippen molar-refractivity contribution in [1.82, 2.24) is 0 Å². The zero-order valence-corrected chi connectivity index (χ0v) is 29.5. The molecule has 1 aliphatic heterocycles. The fourth-order valence-electron chi connectivity index (χ4n) is 6.17. The summed E-state index contributed by atoms with van der Waals surface area (Å²) in [6, 6.07) is 27.1. The van der Waals surface area contributed by atoms with Gasteiger partial charge in [0.25, 0.3) is 14.2 Å². The number of carbonyl (C=O) groups is 1. The van der Waals surface area contributed by atoms with Crippen LogP contribution in [0.25, 0.3) is 0 Å². The van der Waals surface area contributed by atoms with Crippen LogP contribution in [0, 0.1) is 0 Å². The molecule has 6 heteroatoms. The van der Waals surface area contributed by atoms with E-state index in [2.05, 4.69) is 99.4 Å². The lowest BCUT2D eigenvalue weighted by Crippen LogP contribution is -2.67. The van der Waals surface area contributed by atoms with Gasteiger partial charge in [0.05, 0.1) is 12.8 Å². The molecular formula is C40H51NO4Si. The first kappa shape index (κ1) is 35.0. The number of anilines is 1. The van der Waals surface area contributed by atoms with E-state index in [9.17, 15) is 4.79 Å². The van der Waals surface area contributed by atoms with E-state index in [-0.39, 0.29) is 23.2 Å². The summed E-state index contributed by atoms with van der Waals surface area (Å²) in [5, 5.41) is 5.50. The van der Waals surface area contributed by atoms with Crippen molar-refractivity contribution in [1.29, 1.82) is 0 Å². The summed E-state index contributed by atoms with van der Waals surface area (Å²) in [5.41, 5.74) is 2.16. The van der Waals surface area contributed by atoms with E-state index in [0.717, 1.165) is 44.1 Å². The van der Waals surface area contributed by atoms with Gasteiger partial charge in [-0.15, -0.1) is 0 Å². The van der Waals surface area contributed by atoms with Crippen LogP contribution >= 0.6 is 0 Å². The maximum atomic E-state index is 13.2. The fraction of sp³-hybridized carbons (Fsp3) is 0.375. The highest BCUT2D eigenvalue weighted by atomic mass is 28.4. The van der Waals surface area contributed by atoms with Crippen molar-refractivity contribution in [2.45, 2.75) is 90.4 Å². The van der Waals surface area contributed by atoms with Crippen LogP contribution in [0.2, 0.25) is 5.04 Å². The van der Waals surface area contributed by atoms with Crippen molar-refractivity contribution >= 4 is 30.3 Å². The molecular weight excluding hydrogens is 587 g/mol. The minimum Gasteiger partial charge on any atom is -0.497 e. The van der Waals surface area contributed by atoms with Gasteiger partial charge in [0, 0.05) is 17.7 Å². The van der Waals surface area contributed by atoms with E-state index >= 15 is 0 Å². The molecule has 2 atom stereocenters. The Hall–Kier alpha value is -3.87. The van der Waals surface area contributed by atoms with Gasteiger partial charge in [-0.05, 0) is 72.6 Å². The number of nitrogens with one attached hydrogen (secondary N) is 1. The van der Waals surface area contributed by atoms with Crippen LogP contribution in [-0.4, -0.2) is 33.5 Å². The number of rotatable bonds is 6. The number of hydrogen-bond acceptors (Lipinski definition) is 4. The second-order valence-electron chi connectivity index (χ2n) is 13.3. The van der Waals surface area contributed by atoms with Gasteiger partial charge in [-0.1, -0.05) is 119 Å². The number of benzene rings is 3. The first-order valence-electron chi connectivity index (χ1n) is 16.5. The number of carbonyl (C=O) groups excluding carboxylic acids is 1. The minimum atomic E-state index is -2.72. The van der Waals surface area contributed by atoms with Crippen LogP contribution in [0.3, 0.4) is 0 Å². The first-order chi connectivity index (χ1) is 22.0.